The summed E-state index contributed by atoms with van der Waals surface area (Å²) in [7, 11) is -0.0260. The minimum atomic E-state index is -3.66. The van der Waals surface area contributed by atoms with Crippen LogP contribution < -0.4 is 64.0 Å². The molecule has 24 heteroatoms. The van der Waals surface area contributed by atoms with Crippen LogP contribution in [0.1, 0.15) is 38.5 Å². The third-order valence-electron chi connectivity index (χ3n) is 4.50. The fourth-order valence-electron chi connectivity index (χ4n) is 2.40. The van der Waals surface area contributed by atoms with E-state index in [0.717, 1.165) is 19.8 Å². The number of amides is 3. The molecule has 0 bridgehead atoms. The summed E-state index contributed by atoms with van der Waals surface area (Å²) in [6.07, 6.45) is 0. The van der Waals surface area contributed by atoms with Crippen molar-refractivity contribution in [2.45, 2.75) is 6.54 Å². The van der Waals surface area contributed by atoms with Gasteiger partial charge in [-0.1, -0.05) is 40.8 Å². The van der Waals surface area contributed by atoms with Gasteiger partial charge in [-0.15, -0.1) is 20.4 Å². The average Bonchev–Trinajstić information content (AvgIpc) is 3.64. The zero-order chi connectivity index (χ0) is 32.0. The summed E-state index contributed by atoms with van der Waals surface area (Å²) in [5.41, 5.74) is 32.0. The normalized spacial score (nSPS) is 9.93. The van der Waals surface area contributed by atoms with Crippen molar-refractivity contribution in [3.05, 3.63) is 53.0 Å². The molecule has 22 nitrogen and oxygen atoms in total. The van der Waals surface area contributed by atoms with E-state index in [0.29, 0.717) is 6.54 Å². The number of primary amides is 3. The van der Waals surface area contributed by atoms with E-state index in [4.69, 9.17) is 34.4 Å². The first-order valence-electron chi connectivity index (χ1n) is 10.9. The monoisotopic (exact) mass is 635 g/mol. The third kappa shape index (κ3) is 12.4. The Morgan fingerprint density at radius 3 is 1.63 bits per heavy atom. The quantitative estimate of drug-likeness (QED) is 0.0928. The Labute approximate surface area is 267 Å². The molecule has 0 aliphatic heterocycles. The van der Waals surface area contributed by atoms with Gasteiger partial charge in [0.2, 0.25) is 0 Å². The molecule has 4 rings (SSSR count). The number of carbonyl (C=O) groups excluding carboxylic acids is 3. The Morgan fingerprint density at radius 2 is 1.33 bits per heavy atom. The molecule has 0 fully saturated rings. The average molecular weight is 636 g/mol. The molecule has 0 aliphatic carbocycles. The van der Waals surface area contributed by atoms with Crippen LogP contribution in [0.3, 0.4) is 0 Å². The molecule has 3 amide bonds. The Hall–Kier alpha value is -4.68. The number of carbonyl (C=O) groups is 3. The molecule has 0 spiro atoms. The molecular formula is C19H30N15NaO7S. The second-order valence-corrected chi connectivity index (χ2v) is 8.79. The van der Waals surface area contributed by atoms with Crippen LogP contribution in [0.4, 0.5) is 17.5 Å². The Balaban J connectivity index is 0. The topological polar surface area (TPSA) is 363 Å². The first kappa shape index (κ1) is 38.3. The zero-order valence-corrected chi connectivity index (χ0v) is 26.2. The van der Waals surface area contributed by atoms with Crippen LogP contribution in [0, 0.1) is 0 Å². The van der Waals surface area contributed by atoms with Crippen molar-refractivity contribution in [3.63, 3.8) is 0 Å². The second-order valence-electron chi connectivity index (χ2n) is 7.31. The van der Waals surface area contributed by atoms with E-state index in [9.17, 15) is 22.8 Å². The second kappa shape index (κ2) is 18.0. The summed E-state index contributed by atoms with van der Waals surface area (Å²) < 4.78 is 30.2. The number of nitrogen functional groups attached to an aromatic ring is 3. The maximum atomic E-state index is 10.9. The number of H-pyrrole nitrogens is 1. The number of hydrogen-bond acceptors (Lipinski definition) is 16. The van der Waals surface area contributed by atoms with Crippen molar-refractivity contribution in [1.82, 2.24) is 45.4 Å². The fraction of sp³-hybridized carbons (Fsp3) is 0.211. The molecule has 4 aromatic rings. The SMILES string of the molecule is COS(=O)(=O)OC.Cn1nnc(C(N)=O)c1N.NC(=O)c1n[nH]nc1N.NC(=O)c1nnn(Cc2ccccc2)c1N.[H-].[Na+]. The Bertz CT molecular complexity index is 1590. The van der Waals surface area contributed by atoms with Gasteiger partial charge in [-0.2, -0.15) is 13.6 Å². The number of aryl methyl sites for hydroxylation is 1. The Morgan fingerprint density at radius 1 is 0.837 bits per heavy atom. The molecule has 0 atom stereocenters. The number of nitrogens with two attached hydrogens (primary N) is 6. The summed E-state index contributed by atoms with van der Waals surface area (Å²) in [6, 6.07) is 9.62. The van der Waals surface area contributed by atoms with Gasteiger partial charge in [0.05, 0.1) is 20.8 Å². The van der Waals surface area contributed by atoms with Gasteiger partial charge in [0.25, 0.3) is 17.7 Å². The van der Waals surface area contributed by atoms with Crippen molar-refractivity contribution >= 4 is 45.6 Å². The smallest absolute Gasteiger partial charge is 1.00 e. The van der Waals surface area contributed by atoms with Crippen molar-refractivity contribution in [1.29, 1.82) is 0 Å². The van der Waals surface area contributed by atoms with Gasteiger partial charge in [-0.05, 0) is 5.56 Å². The molecular weight excluding hydrogens is 605 g/mol. The van der Waals surface area contributed by atoms with Gasteiger partial charge in [-0.25, -0.2) is 9.36 Å². The Kier molecular flexibility index (Phi) is 16.0. The summed E-state index contributed by atoms with van der Waals surface area (Å²) in [4.78, 5) is 31.7. The number of benzene rings is 1. The van der Waals surface area contributed by atoms with Crippen LogP contribution in [0.2, 0.25) is 0 Å². The molecule has 0 aliphatic rings. The van der Waals surface area contributed by atoms with E-state index >= 15 is 0 Å². The van der Waals surface area contributed by atoms with Gasteiger partial charge in [0.15, 0.2) is 34.5 Å². The van der Waals surface area contributed by atoms with Gasteiger partial charge in [0.1, 0.15) is 0 Å². The minimum Gasteiger partial charge on any atom is -1.00 e. The summed E-state index contributed by atoms with van der Waals surface area (Å²) in [5, 5.41) is 23.2. The van der Waals surface area contributed by atoms with E-state index in [2.05, 4.69) is 44.4 Å². The number of nitrogens with one attached hydrogen (secondary N) is 1. The van der Waals surface area contributed by atoms with E-state index in [-0.39, 0.29) is 65.5 Å². The van der Waals surface area contributed by atoms with Gasteiger partial charge in [-0.3, -0.25) is 22.7 Å². The predicted molar refractivity (Wildman–Crippen MR) is 146 cm³/mol. The van der Waals surface area contributed by atoms with Crippen LogP contribution in [-0.4, -0.2) is 85.8 Å². The van der Waals surface area contributed by atoms with Crippen molar-refractivity contribution in [3.8, 4) is 0 Å². The zero-order valence-electron chi connectivity index (χ0n) is 24.4. The fourth-order valence-corrected chi connectivity index (χ4v) is 2.53. The number of aromatic amines is 1. The van der Waals surface area contributed by atoms with E-state index < -0.39 is 28.1 Å². The molecule has 0 saturated carbocycles. The molecule has 1 aromatic carbocycles. The van der Waals surface area contributed by atoms with Crippen LogP contribution in [0.25, 0.3) is 0 Å². The van der Waals surface area contributed by atoms with E-state index in [1.165, 1.54) is 9.36 Å². The summed E-state index contributed by atoms with van der Waals surface area (Å²) >= 11 is 0. The number of aromatic nitrogens is 9. The van der Waals surface area contributed by atoms with Crippen molar-refractivity contribution in [2.24, 2.45) is 24.2 Å². The van der Waals surface area contributed by atoms with Gasteiger partial charge in [0, 0.05) is 7.05 Å². The maximum absolute atomic E-state index is 10.9. The molecule has 3 heterocycles. The van der Waals surface area contributed by atoms with Crippen LogP contribution >= 0.6 is 0 Å². The number of nitrogens with zero attached hydrogens (tertiary/aromatic N) is 8. The molecule has 0 unspecified atom stereocenters. The number of anilines is 3. The molecule has 0 radical (unpaired) electrons. The van der Waals surface area contributed by atoms with Gasteiger partial charge >= 0.3 is 40.0 Å². The van der Waals surface area contributed by atoms with Gasteiger partial charge < -0.3 is 35.8 Å². The number of hydrogen-bond donors (Lipinski definition) is 7. The summed E-state index contributed by atoms with van der Waals surface area (Å²) in [6.45, 7) is 0.465. The van der Waals surface area contributed by atoms with Crippen molar-refractivity contribution < 1.29 is 62.2 Å². The maximum Gasteiger partial charge on any atom is 1.00 e. The molecule has 43 heavy (non-hydrogen) atoms. The van der Waals surface area contributed by atoms with Crippen molar-refractivity contribution in [2.75, 3.05) is 31.4 Å². The molecule has 230 valence electrons. The largest absolute Gasteiger partial charge is 1.00 e. The first-order valence-corrected chi connectivity index (χ1v) is 12.3. The standard InChI is InChI=1S/C10H11N5O.C4H7N5O.C3H5N5O.C2H6O4S.Na.H/c11-9-8(10(12)16)13-14-15(9)6-7-4-2-1-3-5-7;1-9-3(5)2(4(6)10)7-8-9;4-2-1(3(5)9)6-8-7-2;1-5-7(3,4)6-2;;/h1-5H,6,11H2,(H2,12,16);5H2,1H3,(H2,6,10);(H2,5,9)(H3,4,6,7,8);1-2H3;;/q;;;;+1;-1. The predicted octanol–water partition coefficient (Wildman–Crippen LogP) is -6.37. The number of rotatable bonds is 7. The van der Waals surface area contributed by atoms with Crippen LogP contribution in [0.15, 0.2) is 30.3 Å². The first-order chi connectivity index (χ1) is 19.6. The third-order valence-corrected chi connectivity index (χ3v) is 5.32. The molecule has 13 N–H and O–H groups in total. The molecule has 0 saturated heterocycles. The molecule has 3 aromatic heterocycles. The van der Waals surface area contributed by atoms with Crippen LogP contribution in [0.5, 0.6) is 0 Å². The van der Waals surface area contributed by atoms with E-state index in [1.54, 1.807) is 7.05 Å². The van der Waals surface area contributed by atoms with E-state index in [1.807, 2.05) is 30.3 Å². The minimum absolute atomic E-state index is 0. The summed E-state index contributed by atoms with van der Waals surface area (Å²) in [5.74, 6) is -1.60. The van der Waals surface area contributed by atoms with Crippen LogP contribution in [-0.2, 0) is 32.4 Å².